The molecule has 0 saturated heterocycles. The Morgan fingerprint density at radius 1 is 1.29 bits per heavy atom. The van der Waals surface area contributed by atoms with Gasteiger partial charge in [-0.05, 0) is 23.6 Å². The highest BCUT2D eigenvalue weighted by Gasteiger charge is 1.99. The van der Waals surface area contributed by atoms with E-state index in [1.807, 2.05) is 12.1 Å². The minimum absolute atomic E-state index is 0.554. The van der Waals surface area contributed by atoms with Crippen molar-refractivity contribution in [3.8, 4) is 5.75 Å². The van der Waals surface area contributed by atoms with Gasteiger partial charge in [0.25, 0.3) is 0 Å². The van der Waals surface area contributed by atoms with E-state index in [-0.39, 0.29) is 0 Å². The number of ether oxygens (including phenoxy) is 2. The highest BCUT2D eigenvalue weighted by Crippen LogP contribution is 2.14. The van der Waals surface area contributed by atoms with Crippen LogP contribution in [0.1, 0.15) is 19.4 Å². The molecule has 1 rings (SSSR count). The van der Waals surface area contributed by atoms with E-state index >= 15 is 0 Å². The molecule has 0 aromatic heterocycles. The molecule has 0 radical (unpaired) electrons. The minimum Gasteiger partial charge on any atom is -0.493 e. The van der Waals surface area contributed by atoms with Gasteiger partial charge in [0.15, 0.2) is 0 Å². The van der Waals surface area contributed by atoms with E-state index in [0.717, 1.165) is 32.1 Å². The summed E-state index contributed by atoms with van der Waals surface area (Å²) >= 11 is 0. The van der Waals surface area contributed by atoms with Gasteiger partial charge in [0.05, 0.1) is 13.2 Å². The first kappa shape index (κ1) is 14.0. The lowest BCUT2D eigenvalue weighted by atomic mass is 10.2. The van der Waals surface area contributed by atoms with Gasteiger partial charge < -0.3 is 14.8 Å². The summed E-state index contributed by atoms with van der Waals surface area (Å²) in [6, 6.07) is 8.22. The lowest BCUT2D eigenvalue weighted by molar-refractivity contribution is 0.199. The Morgan fingerprint density at radius 2 is 2.12 bits per heavy atom. The maximum atomic E-state index is 5.68. The van der Waals surface area contributed by atoms with E-state index in [4.69, 9.17) is 9.47 Å². The third-order valence-electron chi connectivity index (χ3n) is 2.29. The zero-order valence-electron chi connectivity index (χ0n) is 11.0. The van der Waals surface area contributed by atoms with Crippen molar-refractivity contribution in [3.63, 3.8) is 0 Å². The summed E-state index contributed by atoms with van der Waals surface area (Å²) in [5.74, 6) is 1.50. The second-order valence-electron chi connectivity index (χ2n) is 4.52. The van der Waals surface area contributed by atoms with Gasteiger partial charge in [-0.25, -0.2) is 0 Å². The van der Waals surface area contributed by atoms with E-state index in [1.54, 1.807) is 7.11 Å². The summed E-state index contributed by atoms with van der Waals surface area (Å²) in [4.78, 5) is 0. The number of nitrogens with one attached hydrogen (secondary N) is 1. The summed E-state index contributed by atoms with van der Waals surface area (Å²) < 4.78 is 10.7. The number of hydrogen-bond donors (Lipinski definition) is 1. The molecule has 0 heterocycles. The zero-order valence-corrected chi connectivity index (χ0v) is 11.0. The molecule has 1 N–H and O–H groups in total. The van der Waals surface area contributed by atoms with Gasteiger partial charge >= 0.3 is 0 Å². The third kappa shape index (κ3) is 6.29. The van der Waals surface area contributed by atoms with E-state index in [9.17, 15) is 0 Å². The predicted octanol–water partition coefficient (Wildman–Crippen LogP) is 2.46. The molecule has 0 amide bonds. The summed E-state index contributed by atoms with van der Waals surface area (Å²) in [5, 5.41) is 3.31. The van der Waals surface area contributed by atoms with Gasteiger partial charge in [-0.2, -0.15) is 0 Å². The molecule has 0 aliphatic carbocycles. The second kappa shape index (κ2) is 8.09. The molecule has 3 heteroatoms. The first-order valence-electron chi connectivity index (χ1n) is 6.13. The van der Waals surface area contributed by atoms with Crippen LogP contribution in [-0.4, -0.2) is 26.9 Å². The molecular weight excluding hydrogens is 214 g/mol. The van der Waals surface area contributed by atoms with Gasteiger partial charge in [0.2, 0.25) is 0 Å². The van der Waals surface area contributed by atoms with Crippen molar-refractivity contribution in [2.45, 2.75) is 20.4 Å². The fraction of sp³-hybridized carbons (Fsp3) is 0.571. The summed E-state index contributed by atoms with van der Waals surface area (Å²) in [5.41, 5.74) is 1.24. The number of methoxy groups -OCH3 is 1. The summed E-state index contributed by atoms with van der Waals surface area (Å²) in [6.45, 7) is 7.52. The van der Waals surface area contributed by atoms with Crippen LogP contribution in [0.15, 0.2) is 24.3 Å². The Kier molecular flexibility index (Phi) is 6.67. The SMILES string of the molecule is COCCNCc1cccc(OCC(C)C)c1. The van der Waals surface area contributed by atoms with Crippen molar-refractivity contribution < 1.29 is 9.47 Å². The van der Waals surface area contributed by atoms with Crippen LogP contribution in [0, 0.1) is 5.92 Å². The quantitative estimate of drug-likeness (QED) is 0.704. The van der Waals surface area contributed by atoms with E-state index < -0.39 is 0 Å². The third-order valence-corrected chi connectivity index (χ3v) is 2.29. The van der Waals surface area contributed by atoms with Crippen molar-refractivity contribution >= 4 is 0 Å². The van der Waals surface area contributed by atoms with Crippen molar-refractivity contribution in [3.05, 3.63) is 29.8 Å². The predicted molar refractivity (Wildman–Crippen MR) is 70.4 cm³/mol. The van der Waals surface area contributed by atoms with Gasteiger partial charge in [-0.3, -0.25) is 0 Å². The van der Waals surface area contributed by atoms with E-state index in [1.165, 1.54) is 5.56 Å². The number of hydrogen-bond acceptors (Lipinski definition) is 3. The van der Waals surface area contributed by atoms with E-state index in [2.05, 4.69) is 31.3 Å². The normalized spacial score (nSPS) is 10.8. The summed E-state index contributed by atoms with van der Waals surface area (Å²) in [7, 11) is 1.71. The lowest BCUT2D eigenvalue weighted by Gasteiger charge is -2.10. The lowest BCUT2D eigenvalue weighted by Crippen LogP contribution is -2.18. The van der Waals surface area contributed by atoms with Crippen molar-refractivity contribution in [2.24, 2.45) is 5.92 Å². The zero-order chi connectivity index (χ0) is 12.5. The average Bonchev–Trinajstić information content (AvgIpc) is 2.33. The Hall–Kier alpha value is -1.06. The largest absolute Gasteiger partial charge is 0.493 e. The Bertz CT molecular complexity index is 313. The molecule has 1 aromatic rings. The molecule has 0 aliphatic rings. The number of rotatable bonds is 8. The standard InChI is InChI=1S/C14H23NO2/c1-12(2)11-17-14-6-4-5-13(9-14)10-15-7-8-16-3/h4-6,9,12,15H,7-8,10-11H2,1-3H3. The fourth-order valence-electron chi connectivity index (χ4n) is 1.42. The van der Waals surface area contributed by atoms with Crippen LogP contribution in [0.2, 0.25) is 0 Å². The second-order valence-corrected chi connectivity index (χ2v) is 4.52. The highest BCUT2D eigenvalue weighted by molar-refractivity contribution is 5.28. The van der Waals surface area contributed by atoms with Crippen LogP contribution in [0.4, 0.5) is 0 Å². The minimum atomic E-state index is 0.554. The molecule has 0 aliphatic heterocycles. The Labute approximate surface area is 104 Å². The maximum absolute atomic E-state index is 5.68. The molecule has 0 unspecified atom stereocenters. The molecule has 17 heavy (non-hydrogen) atoms. The fourth-order valence-corrected chi connectivity index (χ4v) is 1.42. The first-order valence-corrected chi connectivity index (χ1v) is 6.13. The molecule has 0 atom stereocenters. The van der Waals surface area contributed by atoms with Crippen LogP contribution in [0.3, 0.4) is 0 Å². The molecule has 96 valence electrons. The van der Waals surface area contributed by atoms with Crippen LogP contribution >= 0.6 is 0 Å². The van der Waals surface area contributed by atoms with Crippen molar-refractivity contribution in [1.29, 1.82) is 0 Å². The van der Waals surface area contributed by atoms with Crippen LogP contribution in [-0.2, 0) is 11.3 Å². The molecular formula is C14H23NO2. The smallest absolute Gasteiger partial charge is 0.119 e. The highest BCUT2D eigenvalue weighted by atomic mass is 16.5. The van der Waals surface area contributed by atoms with E-state index in [0.29, 0.717) is 5.92 Å². The molecule has 0 spiro atoms. The number of benzene rings is 1. The Morgan fingerprint density at radius 3 is 2.82 bits per heavy atom. The van der Waals surface area contributed by atoms with Crippen molar-refractivity contribution in [2.75, 3.05) is 26.9 Å². The average molecular weight is 237 g/mol. The van der Waals surface area contributed by atoms with Crippen molar-refractivity contribution in [1.82, 2.24) is 5.32 Å². The van der Waals surface area contributed by atoms with Crippen LogP contribution < -0.4 is 10.1 Å². The first-order chi connectivity index (χ1) is 8.22. The van der Waals surface area contributed by atoms with Gasteiger partial charge in [0, 0.05) is 20.2 Å². The van der Waals surface area contributed by atoms with Gasteiger partial charge in [0.1, 0.15) is 5.75 Å². The molecule has 0 saturated carbocycles. The van der Waals surface area contributed by atoms with Crippen LogP contribution in [0.5, 0.6) is 5.75 Å². The topological polar surface area (TPSA) is 30.5 Å². The molecule has 3 nitrogen and oxygen atoms in total. The summed E-state index contributed by atoms with van der Waals surface area (Å²) in [6.07, 6.45) is 0. The molecule has 0 bridgehead atoms. The molecule has 1 aromatic carbocycles. The van der Waals surface area contributed by atoms with Crippen LogP contribution in [0.25, 0.3) is 0 Å². The molecule has 0 fully saturated rings. The Balaban J connectivity index is 2.37. The van der Waals surface area contributed by atoms with Gasteiger partial charge in [-0.1, -0.05) is 26.0 Å². The maximum Gasteiger partial charge on any atom is 0.119 e. The van der Waals surface area contributed by atoms with Gasteiger partial charge in [-0.15, -0.1) is 0 Å². The monoisotopic (exact) mass is 237 g/mol.